The van der Waals surface area contributed by atoms with E-state index in [2.05, 4.69) is 11.6 Å². The number of thiazole rings is 1. The third-order valence-electron chi connectivity index (χ3n) is 6.06. The molecule has 1 aliphatic rings. The number of amides is 1. The van der Waals surface area contributed by atoms with E-state index in [1.807, 2.05) is 0 Å². The van der Waals surface area contributed by atoms with Gasteiger partial charge in [-0.05, 0) is 43.7 Å². The molecule has 4 rings (SSSR count). The van der Waals surface area contributed by atoms with E-state index >= 15 is 0 Å². The van der Waals surface area contributed by atoms with Crippen LogP contribution in [0.1, 0.15) is 38.1 Å². The van der Waals surface area contributed by atoms with Gasteiger partial charge in [0.15, 0.2) is 5.13 Å². The number of carbonyl (C=O) groups is 3. The molecule has 1 amide bonds. The van der Waals surface area contributed by atoms with Crippen LogP contribution < -0.4 is 14.4 Å². The lowest BCUT2D eigenvalue weighted by atomic mass is 9.94. The molecule has 0 unspecified atom stereocenters. The highest BCUT2D eigenvalue weighted by Crippen LogP contribution is 2.46. The van der Waals surface area contributed by atoms with Gasteiger partial charge in [0.05, 0.1) is 25.5 Å². The summed E-state index contributed by atoms with van der Waals surface area (Å²) in [5, 5.41) is 11.5. The molecule has 1 saturated heterocycles. The predicted molar refractivity (Wildman–Crippen MR) is 143 cm³/mol. The van der Waals surface area contributed by atoms with Gasteiger partial charge in [0.25, 0.3) is 5.78 Å². The Balaban J connectivity index is 1.93. The van der Waals surface area contributed by atoms with Gasteiger partial charge < -0.3 is 19.3 Å². The second-order valence-electron chi connectivity index (χ2n) is 8.39. The molecule has 0 aliphatic carbocycles. The van der Waals surface area contributed by atoms with E-state index in [1.165, 1.54) is 25.2 Å². The van der Waals surface area contributed by atoms with Crippen molar-refractivity contribution >= 4 is 39.9 Å². The van der Waals surface area contributed by atoms with Crippen molar-refractivity contribution in [3.63, 3.8) is 0 Å². The van der Waals surface area contributed by atoms with E-state index in [4.69, 9.17) is 14.2 Å². The van der Waals surface area contributed by atoms with E-state index in [-0.39, 0.29) is 27.9 Å². The largest absolute Gasteiger partial charge is 0.507 e. The zero-order valence-corrected chi connectivity index (χ0v) is 22.1. The number of methoxy groups -OCH3 is 2. The molecule has 2 heterocycles. The molecule has 10 heteroatoms. The number of para-hydroxylation sites is 1. The lowest BCUT2D eigenvalue weighted by molar-refractivity contribution is -0.132. The molecule has 1 aromatic heterocycles. The summed E-state index contributed by atoms with van der Waals surface area (Å²) < 4.78 is 16.0. The van der Waals surface area contributed by atoms with Crippen molar-refractivity contribution in [1.29, 1.82) is 0 Å². The van der Waals surface area contributed by atoms with Gasteiger partial charge >= 0.3 is 11.9 Å². The van der Waals surface area contributed by atoms with Crippen LogP contribution in [0.25, 0.3) is 5.76 Å². The molecule has 1 aliphatic heterocycles. The highest BCUT2D eigenvalue weighted by atomic mass is 32.1. The minimum atomic E-state index is -1.07. The van der Waals surface area contributed by atoms with Crippen LogP contribution in [0.15, 0.2) is 60.7 Å². The smallest absolute Gasteiger partial charge is 0.350 e. The van der Waals surface area contributed by atoms with E-state index in [0.29, 0.717) is 28.3 Å². The molecule has 0 spiro atoms. The number of ether oxygens (including phenoxy) is 3. The Labute approximate surface area is 223 Å². The first-order chi connectivity index (χ1) is 18.2. The van der Waals surface area contributed by atoms with Crippen LogP contribution >= 0.6 is 11.3 Å². The van der Waals surface area contributed by atoms with Crippen LogP contribution in [-0.4, -0.2) is 48.6 Å². The average molecular weight is 535 g/mol. The van der Waals surface area contributed by atoms with Crippen molar-refractivity contribution in [2.24, 2.45) is 0 Å². The lowest BCUT2D eigenvalue weighted by Gasteiger charge is -2.24. The number of aromatic nitrogens is 1. The van der Waals surface area contributed by atoms with Gasteiger partial charge in [0, 0.05) is 11.1 Å². The molecule has 1 N–H and O–H groups in total. The quantitative estimate of drug-likeness (QED) is 0.145. The first-order valence-corrected chi connectivity index (χ1v) is 12.4. The van der Waals surface area contributed by atoms with Crippen LogP contribution in [0, 0.1) is 13.8 Å². The number of nitrogens with zero attached hydrogens (tertiary/aromatic N) is 2. The monoisotopic (exact) mass is 534 g/mol. The molecule has 0 radical (unpaired) electrons. The number of hydrogen-bond acceptors (Lipinski definition) is 9. The number of hydrogen-bond donors (Lipinski definition) is 1. The maximum absolute atomic E-state index is 13.5. The summed E-state index contributed by atoms with van der Waals surface area (Å²) in [6.45, 7) is 6.96. The number of esters is 1. The number of aryl methyl sites for hydroxylation is 2. The zero-order chi connectivity index (χ0) is 27.6. The maximum Gasteiger partial charge on any atom is 0.350 e. The molecular weight excluding hydrogens is 508 g/mol. The highest BCUT2D eigenvalue weighted by molar-refractivity contribution is 7.17. The number of rotatable bonds is 8. The SMILES string of the molecule is C=CCOC(=O)c1sc(N2C(=O)C(=O)/C(=C(/O)c3ccc(OC)c(C)c3)[C@@H]2c2ccccc2OC)nc1C. The predicted octanol–water partition coefficient (Wildman–Crippen LogP) is 4.75. The first kappa shape index (κ1) is 26.6. The van der Waals surface area contributed by atoms with E-state index < -0.39 is 23.7 Å². The van der Waals surface area contributed by atoms with Gasteiger partial charge in [-0.15, -0.1) is 0 Å². The highest BCUT2D eigenvalue weighted by Gasteiger charge is 2.49. The molecule has 1 fully saturated rings. The first-order valence-electron chi connectivity index (χ1n) is 11.6. The maximum atomic E-state index is 13.5. The third-order valence-corrected chi connectivity index (χ3v) is 7.19. The number of carbonyl (C=O) groups excluding carboxylic acids is 3. The average Bonchev–Trinajstić information content (AvgIpc) is 3.43. The number of Topliss-reactive ketones (excluding diaryl/α,β-unsaturated/α-hetero) is 1. The van der Waals surface area contributed by atoms with Crippen molar-refractivity contribution in [3.05, 3.63) is 88.0 Å². The van der Waals surface area contributed by atoms with E-state index in [1.54, 1.807) is 56.3 Å². The van der Waals surface area contributed by atoms with Crippen molar-refractivity contribution in [2.75, 3.05) is 25.7 Å². The summed E-state index contributed by atoms with van der Waals surface area (Å²) in [5.74, 6) is -1.75. The summed E-state index contributed by atoms with van der Waals surface area (Å²) in [4.78, 5) is 45.3. The van der Waals surface area contributed by atoms with Gasteiger partial charge in [-0.3, -0.25) is 14.5 Å². The van der Waals surface area contributed by atoms with Crippen molar-refractivity contribution in [3.8, 4) is 11.5 Å². The van der Waals surface area contributed by atoms with Crippen LogP contribution in [0.2, 0.25) is 0 Å². The summed E-state index contributed by atoms with van der Waals surface area (Å²) in [6, 6.07) is 10.8. The van der Waals surface area contributed by atoms with Crippen LogP contribution in [-0.2, 0) is 14.3 Å². The lowest BCUT2D eigenvalue weighted by Crippen LogP contribution is -2.29. The molecule has 2 aromatic carbocycles. The van der Waals surface area contributed by atoms with Gasteiger partial charge in [0.1, 0.15) is 34.8 Å². The molecule has 3 aromatic rings. The second kappa shape index (κ2) is 10.9. The van der Waals surface area contributed by atoms with Crippen LogP contribution in [0.4, 0.5) is 5.13 Å². The van der Waals surface area contributed by atoms with Crippen molar-refractivity contribution in [2.45, 2.75) is 19.9 Å². The molecule has 1 atom stereocenters. The molecular formula is C28H26N2O7S. The Morgan fingerprint density at radius 2 is 1.84 bits per heavy atom. The Bertz CT molecular complexity index is 1470. The van der Waals surface area contributed by atoms with Crippen LogP contribution in [0.3, 0.4) is 0 Å². The molecule has 9 nitrogen and oxygen atoms in total. The van der Waals surface area contributed by atoms with Gasteiger partial charge in [-0.1, -0.05) is 42.2 Å². The van der Waals surface area contributed by atoms with E-state index in [9.17, 15) is 19.5 Å². The van der Waals surface area contributed by atoms with Crippen LogP contribution in [0.5, 0.6) is 11.5 Å². The summed E-state index contributed by atoms with van der Waals surface area (Å²) in [7, 11) is 3.01. The summed E-state index contributed by atoms with van der Waals surface area (Å²) in [6.07, 6.45) is 1.44. The Morgan fingerprint density at radius 1 is 1.13 bits per heavy atom. The minimum absolute atomic E-state index is 0.0124. The van der Waals surface area contributed by atoms with Crippen molar-refractivity contribution in [1.82, 2.24) is 4.98 Å². The fourth-order valence-corrected chi connectivity index (χ4v) is 5.26. The molecule has 38 heavy (non-hydrogen) atoms. The fraction of sp³-hybridized carbons (Fsp3) is 0.214. The Hall–Kier alpha value is -4.44. The number of aliphatic hydroxyl groups is 1. The van der Waals surface area contributed by atoms with Gasteiger partial charge in [-0.2, -0.15) is 0 Å². The van der Waals surface area contributed by atoms with Gasteiger partial charge in [0.2, 0.25) is 0 Å². The molecule has 0 saturated carbocycles. The van der Waals surface area contributed by atoms with Gasteiger partial charge in [-0.25, -0.2) is 9.78 Å². The normalized spacial score (nSPS) is 16.4. The number of ketones is 1. The zero-order valence-electron chi connectivity index (χ0n) is 21.3. The summed E-state index contributed by atoms with van der Waals surface area (Å²) in [5.41, 5.74) is 1.74. The standard InChI is InChI=1S/C28H26N2O7S/c1-6-13-37-27(34)25-16(3)29-28(38-25)30-22(18-9-7-8-10-20(18)36-5)21(24(32)26(30)33)23(31)17-11-12-19(35-4)15(2)14-17/h6-12,14,22,31H,1,13H2,2-5H3/b23-21+/t22-/m0/s1. The third kappa shape index (κ3) is 4.66. The topological polar surface area (TPSA) is 115 Å². The van der Waals surface area contributed by atoms with E-state index in [0.717, 1.165) is 16.9 Å². The van der Waals surface area contributed by atoms with Crippen molar-refractivity contribution < 1.29 is 33.7 Å². The Morgan fingerprint density at radius 3 is 2.50 bits per heavy atom. The number of aliphatic hydroxyl groups excluding tert-OH is 1. The fourth-order valence-electron chi connectivity index (χ4n) is 4.27. The minimum Gasteiger partial charge on any atom is -0.507 e. The number of benzene rings is 2. The molecule has 196 valence electrons. The summed E-state index contributed by atoms with van der Waals surface area (Å²) >= 11 is 0.921. The number of anilines is 1. The second-order valence-corrected chi connectivity index (χ2v) is 9.37. The molecule has 0 bridgehead atoms. The Kier molecular flexibility index (Phi) is 7.63.